The number of aromatic amines is 1. The van der Waals surface area contributed by atoms with E-state index in [1.807, 2.05) is 54.6 Å². The van der Waals surface area contributed by atoms with Crippen LogP contribution in [0.2, 0.25) is 0 Å². The number of amides is 1. The summed E-state index contributed by atoms with van der Waals surface area (Å²) in [7, 11) is 0. The highest BCUT2D eigenvalue weighted by Gasteiger charge is 2.36. The maximum absolute atomic E-state index is 13.4. The molecule has 2 aromatic heterocycles. The summed E-state index contributed by atoms with van der Waals surface area (Å²) in [6.07, 6.45) is 2.28. The van der Waals surface area contributed by atoms with Gasteiger partial charge in [0.25, 0.3) is 5.56 Å². The van der Waals surface area contributed by atoms with E-state index in [0.29, 0.717) is 29.9 Å². The molecule has 0 saturated carbocycles. The van der Waals surface area contributed by atoms with E-state index in [9.17, 15) is 9.59 Å². The summed E-state index contributed by atoms with van der Waals surface area (Å²) in [5.74, 6) is 0.523. The van der Waals surface area contributed by atoms with Crippen LogP contribution in [0.3, 0.4) is 0 Å². The van der Waals surface area contributed by atoms with Crippen molar-refractivity contribution in [1.29, 1.82) is 0 Å². The fourth-order valence-electron chi connectivity index (χ4n) is 4.20. The molecular weight excluding hydrogens is 470 g/mol. The third-order valence-electron chi connectivity index (χ3n) is 5.67. The van der Waals surface area contributed by atoms with Crippen molar-refractivity contribution in [3.8, 4) is 11.1 Å². The number of carbonyl (C=O) groups is 1. The first-order valence-corrected chi connectivity index (χ1v) is 11.2. The van der Waals surface area contributed by atoms with Crippen molar-refractivity contribution in [2.24, 2.45) is 5.10 Å². The summed E-state index contributed by atoms with van der Waals surface area (Å²) in [6.45, 7) is 1.80. The van der Waals surface area contributed by atoms with Gasteiger partial charge in [-0.2, -0.15) is 5.10 Å². The summed E-state index contributed by atoms with van der Waals surface area (Å²) >= 11 is 3.55. The molecule has 0 radical (unpaired) electrons. The van der Waals surface area contributed by atoms with Gasteiger partial charge < -0.3 is 9.40 Å². The standard InChI is InChI=1S/C25H20BrN3O3/c1-2-22(30)29-20(21-9-6-12-32-21)14-19(28-29)24-23(15-7-4-3-5-8-15)17-13-16(26)10-11-18(17)27-25(24)31/h3-13,20H,2,14H2,1H3,(H,27,31). The summed E-state index contributed by atoms with van der Waals surface area (Å²) in [5, 5.41) is 7.00. The van der Waals surface area contributed by atoms with E-state index in [-0.39, 0.29) is 17.5 Å². The Labute approximate surface area is 192 Å². The minimum Gasteiger partial charge on any atom is -0.467 e. The summed E-state index contributed by atoms with van der Waals surface area (Å²) in [6, 6.07) is 18.8. The summed E-state index contributed by atoms with van der Waals surface area (Å²) < 4.78 is 6.51. The third-order valence-corrected chi connectivity index (χ3v) is 6.16. The highest BCUT2D eigenvalue weighted by molar-refractivity contribution is 9.10. The van der Waals surface area contributed by atoms with Crippen LogP contribution in [0.4, 0.5) is 0 Å². The molecule has 2 aromatic carbocycles. The molecular formula is C25H20BrN3O3. The molecule has 1 aliphatic heterocycles. The van der Waals surface area contributed by atoms with E-state index in [1.165, 1.54) is 5.01 Å². The van der Waals surface area contributed by atoms with Gasteiger partial charge in [-0.25, -0.2) is 5.01 Å². The van der Waals surface area contributed by atoms with Crippen LogP contribution in [-0.2, 0) is 4.79 Å². The third kappa shape index (κ3) is 3.48. The number of nitrogens with zero attached hydrogens (tertiary/aromatic N) is 2. The Morgan fingerprint density at radius 1 is 1.16 bits per heavy atom. The monoisotopic (exact) mass is 489 g/mol. The van der Waals surface area contributed by atoms with Crippen molar-refractivity contribution in [2.75, 3.05) is 0 Å². The molecule has 1 atom stereocenters. The number of hydrogen-bond donors (Lipinski definition) is 1. The fourth-order valence-corrected chi connectivity index (χ4v) is 4.56. The van der Waals surface area contributed by atoms with E-state index in [0.717, 1.165) is 26.5 Å². The maximum atomic E-state index is 13.4. The van der Waals surface area contributed by atoms with Gasteiger partial charge in [0.05, 0.1) is 17.5 Å². The zero-order valence-electron chi connectivity index (χ0n) is 17.3. The summed E-state index contributed by atoms with van der Waals surface area (Å²) in [4.78, 5) is 29.0. The molecule has 0 saturated heterocycles. The van der Waals surface area contributed by atoms with Crippen molar-refractivity contribution in [2.45, 2.75) is 25.8 Å². The topological polar surface area (TPSA) is 78.7 Å². The van der Waals surface area contributed by atoms with Crippen LogP contribution in [0, 0.1) is 0 Å². The highest BCUT2D eigenvalue weighted by atomic mass is 79.9. The van der Waals surface area contributed by atoms with Gasteiger partial charge in [0.2, 0.25) is 5.91 Å². The quantitative estimate of drug-likeness (QED) is 0.402. The van der Waals surface area contributed by atoms with Gasteiger partial charge in [0, 0.05) is 33.8 Å². The number of furan rings is 1. The van der Waals surface area contributed by atoms with Crippen LogP contribution in [-0.4, -0.2) is 21.6 Å². The molecule has 0 bridgehead atoms. The van der Waals surface area contributed by atoms with Gasteiger partial charge in [-0.05, 0) is 35.9 Å². The number of carbonyl (C=O) groups excluding carboxylic acids is 1. The van der Waals surface area contributed by atoms with Crippen molar-refractivity contribution >= 4 is 38.5 Å². The summed E-state index contributed by atoms with van der Waals surface area (Å²) in [5.41, 5.74) is 3.26. The lowest BCUT2D eigenvalue weighted by molar-refractivity contribution is -0.133. The number of benzene rings is 2. The average Bonchev–Trinajstić information content (AvgIpc) is 3.48. The lowest BCUT2D eigenvalue weighted by atomic mass is 9.92. The number of halogens is 1. The molecule has 0 aliphatic carbocycles. The Balaban J connectivity index is 1.76. The molecule has 6 nitrogen and oxygen atoms in total. The zero-order valence-corrected chi connectivity index (χ0v) is 18.9. The molecule has 3 heterocycles. The minimum absolute atomic E-state index is 0.123. The predicted octanol–water partition coefficient (Wildman–Crippen LogP) is 5.64. The first-order chi connectivity index (χ1) is 15.6. The van der Waals surface area contributed by atoms with Crippen molar-refractivity contribution in [3.05, 3.63) is 93.1 Å². The van der Waals surface area contributed by atoms with Crippen molar-refractivity contribution in [3.63, 3.8) is 0 Å². The molecule has 1 unspecified atom stereocenters. The molecule has 32 heavy (non-hydrogen) atoms. The highest BCUT2D eigenvalue weighted by Crippen LogP contribution is 2.37. The van der Waals surface area contributed by atoms with E-state index in [2.05, 4.69) is 26.0 Å². The van der Waals surface area contributed by atoms with Gasteiger partial charge in [0.15, 0.2) is 0 Å². The Kier molecular flexibility index (Phi) is 5.27. The van der Waals surface area contributed by atoms with E-state index < -0.39 is 0 Å². The van der Waals surface area contributed by atoms with Crippen LogP contribution >= 0.6 is 15.9 Å². The van der Waals surface area contributed by atoms with Gasteiger partial charge in [-0.15, -0.1) is 0 Å². The normalized spacial score (nSPS) is 15.9. The second-order valence-electron chi connectivity index (χ2n) is 7.63. The van der Waals surface area contributed by atoms with Gasteiger partial charge >= 0.3 is 0 Å². The fraction of sp³-hybridized carbons (Fsp3) is 0.160. The molecule has 5 rings (SSSR count). The number of nitrogens with one attached hydrogen (secondary N) is 1. The van der Waals surface area contributed by atoms with E-state index in [4.69, 9.17) is 4.42 Å². The Hall–Kier alpha value is -3.45. The van der Waals surface area contributed by atoms with Crippen LogP contribution in [0.25, 0.3) is 22.0 Å². The van der Waals surface area contributed by atoms with Gasteiger partial charge in [-0.3, -0.25) is 9.59 Å². The molecule has 1 aliphatic rings. The van der Waals surface area contributed by atoms with Crippen molar-refractivity contribution in [1.82, 2.24) is 9.99 Å². The average molecular weight is 490 g/mol. The molecule has 4 aromatic rings. The Bertz CT molecular complexity index is 1390. The molecule has 1 amide bonds. The van der Waals surface area contributed by atoms with Crippen molar-refractivity contribution < 1.29 is 9.21 Å². The smallest absolute Gasteiger partial charge is 0.258 e. The van der Waals surface area contributed by atoms with E-state index in [1.54, 1.807) is 19.3 Å². The largest absolute Gasteiger partial charge is 0.467 e. The minimum atomic E-state index is -0.381. The molecule has 7 heteroatoms. The Morgan fingerprint density at radius 2 is 1.97 bits per heavy atom. The van der Waals surface area contributed by atoms with E-state index >= 15 is 0 Å². The van der Waals surface area contributed by atoms with Gasteiger partial charge in [-0.1, -0.05) is 53.2 Å². The zero-order chi connectivity index (χ0) is 22.2. The van der Waals surface area contributed by atoms with Crippen LogP contribution in [0.5, 0.6) is 0 Å². The number of pyridine rings is 1. The van der Waals surface area contributed by atoms with Gasteiger partial charge in [0.1, 0.15) is 11.8 Å². The molecule has 1 N–H and O–H groups in total. The molecule has 160 valence electrons. The number of rotatable bonds is 4. The number of fused-ring (bicyclic) bond motifs is 1. The number of H-pyrrole nitrogens is 1. The lowest BCUT2D eigenvalue weighted by Crippen LogP contribution is -2.25. The van der Waals surface area contributed by atoms with Crippen LogP contribution in [0.15, 0.2) is 85.7 Å². The maximum Gasteiger partial charge on any atom is 0.258 e. The first kappa shape index (κ1) is 20.5. The number of aromatic nitrogens is 1. The molecule has 0 fully saturated rings. The Morgan fingerprint density at radius 3 is 2.69 bits per heavy atom. The van der Waals surface area contributed by atoms with Crippen LogP contribution < -0.4 is 5.56 Å². The number of hydrazone groups is 1. The lowest BCUT2D eigenvalue weighted by Gasteiger charge is -2.18. The second kappa shape index (κ2) is 8.24. The molecule has 0 spiro atoms. The SMILES string of the molecule is CCC(=O)N1N=C(c2c(-c3ccccc3)c3cc(Br)ccc3[nH]c2=O)CC1c1ccco1. The second-order valence-corrected chi connectivity index (χ2v) is 8.55. The number of hydrogen-bond acceptors (Lipinski definition) is 4. The predicted molar refractivity (Wildman–Crippen MR) is 127 cm³/mol. The first-order valence-electron chi connectivity index (χ1n) is 10.4. The van der Waals surface area contributed by atoms with Crippen LogP contribution in [0.1, 0.15) is 37.1 Å².